The fraction of sp³-hybridized carbons (Fsp3) is 0.400. The highest BCUT2D eigenvalue weighted by atomic mass is 79.9. The van der Waals surface area contributed by atoms with Crippen molar-refractivity contribution in [2.75, 3.05) is 19.7 Å². The van der Waals surface area contributed by atoms with Crippen LogP contribution in [0.3, 0.4) is 0 Å². The zero-order chi connectivity index (χ0) is 13.9. The maximum Gasteiger partial charge on any atom is 0.109 e. The van der Waals surface area contributed by atoms with Crippen LogP contribution in [-0.2, 0) is 11.2 Å². The maximum atomic E-state index is 5.73. The summed E-state index contributed by atoms with van der Waals surface area (Å²) in [5.74, 6) is 0.992. The molecule has 1 atom stereocenters. The van der Waals surface area contributed by atoms with Crippen molar-refractivity contribution in [3.63, 3.8) is 0 Å². The van der Waals surface area contributed by atoms with Crippen LogP contribution in [0.15, 0.2) is 28.7 Å². The van der Waals surface area contributed by atoms with Crippen molar-refractivity contribution < 1.29 is 4.74 Å². The quantitative estimate of drug-likeness (QED) is 0.906. The number of hydrogen-bond donors (Lipinski definition) is 2. The van der Waals surface area contributed by atoms with Gasteiger partial charge in [-0.05, 0) is 19.1 Å². The Morgan fingerprint density at radius 3 is 3.10 bits per heavy atom. The Morgan fingerprint density at radius 2 is 2.35 bits per heavy atom. The number of hydrogen-bond acceptors (Lipinski definition) is 3. The molecule has 1 unspecified atom stereocenters. The van der Waals surface area contributed by atoms with Gasteiger partial charge in [-0.3, -0.25) is 0 Å². The molecule has 1 saturated heterocycles. The van der Waals surface area contributed by atoms with Crippen LogP contribution in [0.1, 0.15) is 11.5 Å². The minimum atomic E-state index is 0.213. The molecule has 0 spiro atoms. The van der Waals surface area contributed by atoms with Crippen molar-refractivity contribution in [1.29, 1.82) is 0 Å². The largest absolute Gasteiger partial charge is 0.375 e. The first kappa shape index (κ1) is 13.8. The number of H-pyrrole nitrogens is 1. The van der Waals surface area contributed by atoms with Crippen molar-refractivity contribution in [3.8, 4) is 11.3 Å². The summed E-state index contributed by atoms with van der Waals surface area (Å²) in [6, 6.07) is 8.22. The van der Waals surface area contributed by atoms with Gasteiger partial charge in [0.05, 0.1) is 18.4 Å². The molecule has 0 aliphatic carbocycles. The van der Waals surface area contributed by atoms with Crippen molar-refractivity contribution in [1.82, 2.24) is 15.3 Å². The second-order valence-electron chi connectivity index (χ2n) is 5.07. The number of rotatable bonds is 3. The first-order valence-electron chi connectivity index (χ1n) is 6.86. The smallest absolute Gasteiger partial charge is 0.109 e. The van der Waals surface area contributed by atoms with Crippen LogP contribution >= 0.6 is 15.9 Å². The highest BCUT2D eigenvalue weighted by Crippen LogP contribution is 2.24. The zero-order valence-electron chi connectivity index (χ0n) is 11.4. The molecule has 20 heavy (non-hydrogen) atoms. The van der Waals surface area contributed by atoms with E-state index in [1.165, 1.54) is 0 Å². The van der Waals surface area contributed by atoms with Gasteiger partial charge in [0.25, 0.3) is 0 Å². The molecule has 1 aliphatic heterocycles. The molecule has 2 heterocycles. The number of benzene rings is 1. The molecule has 1 aromatic heterocycles. The molecular weight excluding hydrogens is 318 g/mol. The Balaban J connectivity index is 1.80. The summed E-state index contributed by atoms with van der Waals surface area (Å²) < 4.78 is 6.79. The van der Waals surface area contributed by atoms with E-state index in [2.05, 4.69) is 45.3 Å². The number of aryl methyl sites for hydroxylation is 1. The number of imidazole rings is 1. The van der Waals surface area contributed by atoms with E-state index >= 15 is 0 Å². The van der Waals surface area contributed by atoms with Gasteiger partial charge >= 0.3 is 0 Å². The molecule has 0 amide bonds. The lowest BCUT2D eigenvalue weighted by atomic mass is 10.1. The van der Waals surface area contributed by atoms with E-state index in [-0.39, 0.29) is 6.10 Å². The molecule has 2 aromatic rings. The van der Waals surface area contributed by atoms with E-state index in [9.17, 15) is 0 Å². The Kier molecular flexibility index (Phi) is 4.19. The molecule has 0 bridgehead atoms. The van der Waals surface area contributed by atoms with Gasteiger partial charge in [-0.2, -0.15) is 0 Å². The number of aromatic nitrogens is 2. The summed E-state index contributed by atoms with van der Waals surface area (Å²) in [5.41, 5.74) is 3.24. The highest BCUT2D eigenvalue weighted by Gasteiger charge is 2.17. The average molecular weight is 336 g/mol. The maximum absolute atomic E-state index is 5.73. The van der Waals surface area contributed by atoms with Crippen LogP contribution in [-0.4, -0.2) is 35.8 Å². The van der Waals surface area contributed by atoms with Crippen molar-refractivity contribution in [2.24, 2.45) is 0 Å². The average Bonchev–Trinajstić information content (AvgIpc) is 2.81. The molecule has 1 aromatic carbocycles. The molecule has 2 N–H and O–H groups in total. The van der Waals surface area contributed by atoms with Gasteiger partial charge in [0.2, 0.25) is 0 Å². The van der Waals surface area contributed by atoms with E-state index < -0.39 is 0 Å². The van der Waals surface area contributed by atoms with Crippen LogP contribution in [0.2, 0.25) is 0 Å². The minimum absolute atomic E-state index is 0.213. The van der Waals surface area contributed by atoms with E-state index in [4.69, 9.17) is 9.72 Å². The van der Waals surface area contributed by atoms with Gasteiger partial charge < -0.3 is 15.0 Å². The third-order valence-electron chi connectivity index (χ3n) is 3.46. The molecule has 1 aliphatic rings. The fourth-order valence-corrected chi connectivity index (χ4v) is 2.90. The normalized spacial score (nSPS) is 19.2. The van der Waals surface area contributed by atoms with Gasteiger partial charge in [-0.15, -0.1) is 0 Å². The summed E-state index contributed by atoms with van der Waals surface area (Å²) >= 11 is 3.50. The van der Waals surface area contributed by atoms with Crippen LogP contribution in [0, 0.1) is 6.92 Å². The SMILES string of the molecule is Cc1[nH]c(CC2CNCCO2)nc1-c1cccc(Br)c1. The van der Waals surface area contributed by atoms with Crippen LogP contribution in [0.5, 0.6) is 0 Å². The predicted molar refractivity (Wildman–Crippen MR) is 82.8 cm³/mol. The first-order valence-corrected chi connectivity index (χ1v) is 7.65. The van der Waals surface area contributed by atoms with E-state index in [1.807, 2.05) is 12.1 Å². The Morgan fingerprint density at radius 1 is 1.45 bits per heavy atom. The molecule has 3 rings (SSSR count). The third-order valence-corrected chi connectivity index (χ3v) is 3.95. The van der Waals surface area contributed by atoms with E-state index in [1.54, 1.807) is 0 Å². The number of aromatic amines is 1. The number of halogens is 1. The summed E-state index contributed by atoms with van der Waals surface area (Å²) in [7, 11) is 0. The lowest BCUT2D eigenvalue weighted by molar-refractivity contribution is 0.0281. The lowest BCUT2D eigenvalue weighted by Crippen LogP contribution is -2.39. The van der Waals surface area contributed by atoms with E-state index in [0.29, 0.717) is 0 Å². The third kappa shape index (κ3) is 3.11. The van der Waals surface area contributed by atoms with Gasteiger partial charge in [0, 0.05) is 35.2 Å². The number of nitrogens with one attached hydrogen (secondary N) is 2. The summed E-state index contributed by atoms with van der Waals surface area (Å²) in [6.45, 7) is 4.68. The topological polar surface area (TPSA) is 49.9 Å². The van der Waals surface area contributed by atoms with Gasteiger partial charge in [-0.1, -0.05) is 28.1 Å². The fourth-order valence-electron chi connectivity index (χ4n) is 2.50. The molecular formula is C15H18BrN3O. The van der Waals surface area contributed by atoms with Crippen molar-refractivity contribution in [2.45, 2.75) is 19.4 Å². The Labute approximate surface area is 127 Å². The second-order valence-corrected chi connectivity index (χ2v) is 5.98. The Hall–Kier alpha value is -1.17. The summed E-state index contributed by atoms with van der Waals surface area (Å²) in [6.07, 6.45) is 1.03. The Bertz CT molecular complexity index is 591. The van der Waals surface area contributed by atoms with Crippen LogP contribution in [0.25, 0.3) is 11.3 Å². The monoisotopic (exact) mass is 335 g/mol. The second kappa shape index (κ2) is 6.08. The molecule has 1 fully saturated rings. The summed E-state index contributed by atoms with van der Waals surface area (Å²) in [4.78, 5) is 8.11. The van der Waals surface area contributed by atoms with Crippen molar-refractivity contribution >= 4 is 15.9 Å². The van der Waals surface area contributed by atoms with Crippen LogP contribution in [0.4, 0.5) is 0 Å². The zero-order valence-corrected chi connectivity index (χ0v) is 13.0. The van der Waals surface area contributed by atoms with Gasteiger partial charge in [-0.25, -0.2) is 4.98 Å². The van der Waals surface area contributed by atoms with Gasteiger partial charge in [0.15, 0.2) is 0 Å². The number of nitrogens with zero attached hydrogens (tertiary/aromatic N) is 1. The standard InChI is InChI=1S/C15H18BrN3O/c1-10-15(11-3-2-4-12(16)7-11)19-14(18-10)8-13-9-17-5-6-20-13/h2-4,7,13,17H,5-6,8-9H2,1H3,(H,18,19). The van der Waals surface area contributed by atoms with Crippen LogP contribution < -0.4 is 5.32 Å². The molecule has 4 nitrogen and oxygen atoms in total. The number of ether oxygens (including phenoxy) is 1. The summed E-state index contributed by atoms with van der Waals surface area (Å²) in [5, 5.41) is 3.34. The van der Waals surface area contributed by atoms with Gasteiger partial charge in [0.1, 0.15) is 5.82 Å². The molecule has 5 heteroatoms. The molecule has 0 saturated carbocycles. The van der Waals surface area contributed by atoms with E-state index in [0.717, 1.165) is 53.4 Å². The molecule has 106 valence electrons. The lowest BCUT2D eigenvalue weighted by Gasteiger charge is -2.22. The highest BCUT2D eigenvalue weighted by molar-refractivity contribution is 9.10. The minimum Gasteiger partial charge on any atom is -0.375 e. The predicted octanol–water partition coefficient (Wildman–Crippen LogP) is 2.68. The molecule has 0 radical (unpaired) electrons. The first-order chi connectivity index (χ1) is 9.72. The van der Waals surface area contributed by atoms with Crippen molar-refractivity contribution in [3.05, 3.63) is 40.3 Å². The number of morpholine rings is 1.